The van der Waals surface area contributed by atoms with Crippen LogP contribution in [0.2, 0.25) is 0 Å². The monoisotopic (exact) mass is 351 g/mol. The maximum absolute atomic E-state index is 10.2. The van der Waals surface area contributed by atoms with Crippen molar-refractivity contribution in [1.29, 1.82) is 0 Å². The van der Waals surface area contributed by atoms with Gasteiger partial charge in [0.15, 0.2) is 11.9 Å². The average molecular weight is 351 g/mol. The lowest BCUT2D eigenvalue weighted by Crippen LogP contribution is -2.33. The zero-order valence-corrected chi connectivity index (χ0v) is 14.5. The van der Waals surface area contributed by atoms with Crippen molar-refractivity contribution in [3.8, 4) is 0 Å². The molecule has 0 radical (unpaired) electrons. The number of rotatable bonds is 7. The Labute approximate surface area is 145 Å². The molecule has 138 valence electrons. The van der Waals surface area contributed by atoms with Crippen LogP contribution in [0.5, 0.6) is 0 Å². The summed E-state index contributed by atoms with van der Waals surface area (Å²) in [4.78, 5) is 15.3. The van der Waals surface area contributed by atoms with Crippen LogP contribution in [0, 0.1) is 0 Å². The van der Waals surface area contributed by atoms with Gasteiger partial charge >= 0.3 is 0 Å². The Morgan fingerprint density at radius 2 is 1.92 bits per heavy atom. The van der Waals surface area contributed by atoms with Crippen molar-refractivity contribution in [3.63, 3.8) is 0 Å². The maximum atomic E-state index is 10.2. The topological polar surface area (TPSA) is 117 Å². The van der Waals surface area contributed by atoms with E-state index in [1.807, 2.05) is 0 Å². The Morgan fingerprint density at radius 3 is 2.56 bits per heavy atom. The first-order valence-electron chi connectivity index (χ1n) is 8.61. The fraction of sp³-hybridized carbons (Fsp3) is 0.688. The molecule has 4 atom stereocenters. The first-order chi connectivity index (χ1) is 12.1. The summed E-state index contributed by atoms with van der Waals surface area (Å²) < 4.78 is 7.15. The van der Waals surface area contributed by atoms with E-state index in [1.54, 1.807) is 4.57 Å². The van der Waals surface area contributed by atoms with E-state index in [0.29, 0.717) is 11.2 Å². The SMILES string of the molecule is CCN(CC)CCc1ncnc2c1ncn2[C@@H]1O[C@H](CO)[C@@H](O)[C@H]1O. The van der Waals surface area contributed by atoms with Crippen LogP contribution in [0.4, 0.5) is 0 Å². The van der Waals surface area contributed by atoms with Gasteiger partial charge in [-0.05, 0) is 13.1 Å². The fourth-order valence-electron chi connectivity index (χ4n) is 3.18. The molecule has 25 heavy (non-hydrogen) atoms. The smallest absolute Gasteiger partial charge is 0.165 e. The van der Waals surface area contributed by atoms with E-state index in [0.717, 1.165) is 31.7 Å². The molecule has 1 fully saturated rings. The summed E-state index contributed by atoms with van der Waals surface area (Å²) in [5.74, 6) is 0. The van der Waals surface area contributed by atoms with Crippen molar-refractivity contribution < 1.29 is 20.1 Å². The molecule has 9 heteroatoms. The molecule has 0 bridgehead atoms. The number of fused-ring (bicyclic) bond motifs is 1. The Morgan fingerprint density at radius 1 is 1.16 bits per heavy atom. The quantitative estimate of drug-likeness (QED) is 0.601. The summed E-state index contributed by atoms with van der Waals surface area (Å²) in [5.41, 5.74) is 2.04. The average Bonchev–Trinajstić information content (AvgIpc) is 3.18. The molecule has 1 saturated heterocycles. The molecule has 0 aliphatic carbocycles. The van der Waals surface area contributed by atoms with Gasteiger partial charge in [0.05, 0.1) is 18.6 Å². The summed E-state index contributed by atoms with van der Waals surface area (Å²) >= 11 is 0. The second kappa shape index (κ2) is 7.71. The predicted molar refractivity (Wildman–Crippen MR) is 89.8 cm³/mol. The second-order valence-corrected chi connectivity index (χ2v) is 6.15. The second-order valence-electron chi connectivity index (χ2n) is 6.15. The fourth-order valence-corrected chi connectivity index (χ4v) is 3.18. The predicted octanol–water partition coefficient (Wildman–Crippen LogP) is -0.678. The first-order valence-corrected chi connectivity index (χ1v) is 8.61. The van der Waals surface area contributed by atoms with Gasteiger partial charge in [-0.25, -0.2) is 15.0 Å². The van der Waals surface area contributed by atoms with E-state index in [9.17, 15) is 15.3 Å². The Hall–Kier alpha value is -1.65. The van der Waals surface area contributed by atoms with Crippen molar-refractivity contribution in [2.24, 2.45) is 0 Å². The third kappa shape index (κ3) is 3.38. The minimum absolute atomic E-state index is 0.370. The number of imidazole rings is 1. The zero-order chi connectivity index (χ0) is 18.0. The summed E-state index contributed by atoms with van der Waals surface area (Å²) in [6.45, 7) is 6.69. The molecule has 0 amide bonds. The summed E-state index contributed by atoms with van der Waals surface area (Å²) in [7, 11) is 0. The van der Waals surface area contributed by atoms with Crippen LogP contribution < -0.4 is 0 Å². The van der Waals surface area contributed by atoms with Gasteiger partial charge in [0, 0.05) is 13.0 Å². The molecule has 0 unspecified atom stereocenters. The number of nitrogens with zero attached hydrogens (tertiary/aromatic N) is 5. The summed E-state index contributed by atoms with van der Waals surface area (Å²) in [6.07, 6.45) is -0.252. The lowest BCUT2D eigenvalue weighted by atomic mass is 10.1. The number of aromatic nitrogens is 4. The normalized spacial score (nSPS) is 26.8. The van der Waals surface area contributed by atoms with Crippen LogP contribution in [0.15, 0.2) is 12.7 Å². The van der Waals surface area contributed by atoms with Crippen LogP contribution in [0.3, 0.4) is 0 Å². The highest BCUT2D eigenvalue weighted by atomic mass is 16.6. The molecule has 3 heterocycles. The van der Waals surface area contributed by atoms with Gasteiger partial charge in [0.25, 0.3) is 0 Å². The van der Waals surface area contributed by atoms with Crippen LogP contribution in [0.25, 0.3) is 11.2 Å². The molecule has 1 aliphatic heterocycles. The minimum atomic E-state index is -1.16. The third-order valence-corrected chi connectivity index (χ3v) is 4.79. The minimum Gasteiger partial charge on any atom is -0.394 e. The van der Waals surface area contributed by atoms with E-state index >= 15 is 0 Å². The molecular formula is C16H25N5O4. The number of hydrogen-bond acceptors (Lipinski definition) is 8. The van der Waals surface area contributed by atoms with Gasteiger partial charge in [-0.2, -0.15) is 0 Å². The maximum Gasteiger partial charge on any atom is 0.165 e. The largest absolute Gasteiger partial charge is 0.394 e. The molecule has 2 aromatic rings. The van der Waals surface area contributed by atoms with Crippen molar-refractivity contribution in [3.05, 3.63) is 18.3 Å². The highest BCUT2D eigenvalue weighted by Gasteiger charge is 2.43. The Balaban J connectivity index is 1.86. The van der Waals surface area contributed by atoms with Crippen LogP contribution in [0.1, 0.15) is 25.8 Å². The Bertz CT molecular complexity index is 705. The standard InChI is InChI=1S/C16H25N5O4/c1-3-20(4-2)6-5-10-12-15(18-8-17-10)21(9-19-12)16-14(24)13(23)11(7-22)25-16/h8-9,11,13-14,16,22-24H,3-7H2,1-2H3/t11-,13-,14-,16-/m1/s1. The van der Waals surface area contributed by atoms with Gasteiger partial charge < -0.3 is 25.0 Å². The molecule has 0 spiro atoms. The van der Waals surface area contributed by atoms with Crippen LogP contribution in [-0.4, -0.2) is 84.3 Å². The lowest BCUT2D eigenvalue weighted by Gasteiger charge is -2.18. The number of likely N-dealkylation sites (N-methyl/N-ethyl adjacent to an activating group) is 1. The van der Waals surface area contributed by atoms with Crippen molar-refractivity contribution >= 4 is 11.2 Å². The number of ether oxygens (including phenoxy) is 1. The van der Waals surface area contributed by atoms with Gasteiger partial charge in [-0.15, -0.1) is 0 Å². The van der Waals surface area contributed by atoms with Gasteiger partial charge in [-0.1, -0.05) is 13.8 Å². The molecule has 3 rings (SSSR count). The van der Waals surface area contributed by atoms with Gasteiger partial charge in [0.1, 0.15) is 30.2 Å². The third-order valence-electron chi connectivity index (χ3n) is 4.79. The van der Waals surface area contributed by atoms with E-state index in [2.05, 4.69) is 33.7 Å². The molecule has 0 aromatic carbocycles. The van der Waals surface area contributed by atoms with Crippen molar-refractivity contribution in [1.82, 2.24) is 24.4 Å². The van der Waals surface area contributed by atoms with E-state index < -0.39 is 24.5 Å². The van der Waals surface area contributed by atoms with Gasteiger partial charge in [-0.3, -0.25) is 4.57 Å². The van der Waals surface area contributed by atoms with Crippen LogP contribution >= 0.6 is 0 Å². The summed E-state index contributed by atoms with van der Waals surface area (Å²) in [5, 5.41) is 29.4. The zero-order valence-electron chi connectivity index (χ0n) is 14.5. The molecule has 0 saturated carbocycles. The summed E-state index contributed by atoms with van der Waals surface area (Å²) in [6, 6.07) is 0. The van der Waals surface area contributed by atoms with Crippen LogP contribution in [-0.2, 0) is 11.2 Å². The number of aliphatic hydroxyl groups is 3. The number of aliphatic hydroxyl groups excluding tert-OH is 3. The molecule has 9 nitrogen and oxygen atoms in total. The molecule has 2 aromatic heterocycles. The molecular weight excluding hydrogens is 326 g/mol. The highest BCUT2D eigenvalue weighted by Crippen LogP contribution is 2.31. The van der Waals surface area contributed by atoms with Gasteiger partial charge in [0.2, 0.25) is 0 Å². The first kappa shape index (κ1) is 18.2. The van der Waals surface area contributed by atoms with E-state index in [4.69, 9.17) is 4.74 Å². The Kier molecular flexibility index (Phi) is 5.60. The van der Waals surface area contributed by atoms with E-state index in [-0.39, 0.29) is 6.61 Å². The van der Waals surface area contributed by atoms with Crippen molar-refractivity contribution in [2.45, 2.75) is 44.8 Å². The number of hydrogen-bond donors (Lipinski definition) is 3. The van der Waals surface area contributed by atoms with Crippen molar-refractivity contribution in [2.75, 3.05) is 26.2 Å². The molecule has 1 aliphatic rings. The molecule has 3 N–H and O–H groups in total. The van der Waals surface area contributed by atoms with E-state index in [1.165, 1.54) is 12.7 Å². The lowest BCUT2D eigenvalue weighted by molar-refractivity contribution is -0.0511. The highest BCUT2D eigenvalue weighted by molar-refractivity contribution is 5.73.